The molecule has 0 aromatic heterocycles. The van der Waals surface area contributed by atoms with E-state index < -0.39 is 11.9 Å². The Kier molecular flexibility index (Phi) is 3.36. The first kappa shape index (κ1) is 11.1. The minimum absolute atomic E-state index is 0.193. The Morgan fingerprint density at radius 1 is 1.43 bits per heavy atom. The Bertz CT molecular complexity index is 204. The first-order valence-corrected chi connectivity index (χ1v) is 6.52. The molecule has 0 unspecified atom stereocenters. The fourth-order valence-electron chi connectivity index (χ4n) is 2.30. The van der Waals surface area contributed by atoms with Gasteiger partial charge in [0, 0.05) is 10.3 Å². The lowest BCUT2D eigenvalue weighted by molar-refractivity contribution is -0.328. The second-order valence-electron chi connectivity index (χ2n) is 4.24. The van der Waals surface area contributed by atoms with Gasteiger partial charge < -0.3 is 14.6 Å². The molecule has 2 aliphatic heterocycles. The van der Waals surface area contributed by atoms with E-state index in [0.717, 1.165) is 25.7 Å². The molecular weight excluding hydrogens is 295 g/mol. The number of halogens is 1. The molecule has 0 radical (unpaired) electrons. The minimum Gasteiger partial charge on any atom is -0.386 e. The predicted molar refractivity (Wildman–Crippen MR) is 61.5 cm³/mol. The smallest absolute Gasteiger partial charge is 0.195 e. The van der Waals surface area contributed by atoms with Gasteiger partial charge in [-0.2, -0.15) is 0 Å². The molecule has 4 atom stereocenters. The zero-order valence-electron chi connectivity index (χ0n) is 8.41. The van der Waals surface area contributed by atoms with Crippen molar-refractivity contribution in [3.63, 3.8) is 0 Å². The lowest BCUT2D eigenvalue weighted by Gasteiger charge is -2.47. The van der Waals surface area contributed by atoms with Crippen LogP contribution in [0.5, 0.6) is 0 Å². The summed E-state index contributed by atoms with van der Waals surface area (Å²) in [6, 6.07) is 0. The standard InChI is InChI=1S/C10H17IO3/c1-7-6-8(11)9(12)10(14-7)4-2-3-5-13-10/h7-9,12H,2-6H2,1H3/t7-,8-,9+,10+/m1/s1. The summed E-state index contributed by atoms with van der Waals surface area (Å²) in [5, 5.41) is 10.1. The van der Waals surface area contributed by atoms with E-state index in [1.54, 1.807) is 0 Å². The van der Waals surface area contributed by atoms with E-state index >= 15 is 0 Å². The molecule has 2 heterocycles. The highest BCUT2D eigenvalue weighted by atomic mass is 127. The molecule has 2 aliphatic rings. The maximum Gasteiger partial charge on any atom is 0.195 e. The average Bonchev–Trinajstić information content (AvgIpc) is 2.15. The molecule has 2 rings (SSSR count). The van der Waals surface area contributed by atoms with Crippen molar-refractivity contribution in [1.29, 1.82) is 0 Å². The van der Waals surface area contributed by atoms with Gasteiger partial charge in [-0.05, 0) is 26.2 Å². The number of hydrogen-bond donors (Lipinski definition) is 1. The van der Waals surface area contributed by atoms with Gasteiger partial charge in [0.25, 0.3) is 0 Å². The average molecular weight is 312 g/mol. The lowest BCUT2D eigenvalue weighted by atomic mass is 9.92. The normalized spacial score (nSPS) is 49.5. The monoisotopic (exact) mass is 312 g/mol. The highest BCUT2D eigenvalue weighted by Crippen LogP contribution is 2.39. The summed E-state index contributed by atoms with van der Waals surface area (Å²) >= 11 is 2.30. The van der Waals surface area contributed by atoms with Crippen LogP contribution in [0.1, 0.15) is 32.6 Å². The summed E-state index contributed by atoms with van der Waals surface area (Å²) in [5.74, 6) is -0.693. The third-order valence-corrected chi connectivity index (χ3v) is 4.21. The minimum atomic E-state index is -0.693. The van der Waals surface area contributed by atoms with Gasteiger partial charge in [0.1, 0.15) is 6.10 Å². The van der Waals surface area contributed by atoms with Gasteiger partial charge in [-0.15, -0.1) is 0 Å². The number of aliphatic hydroxyl groups is 1. The van der Waals surface area contributed by atoms with Crippen molar-refractivity contribution in [2.75, 3.05) is 6.61 Å². The SMILES string of the molecule is C[C@@H]1C[C@@H](I)[C@H](O)[C@]2(CCCCO2)O1. The molecular formula is C10H17IO3. The van der Waals surface area contributed by atoms with Crippen LogP contribution in [-0.2, 0) is 9.47 Å². The highest BCUT2D eigenvalue weighted by Gasteiger charge is 2.49. The van der Waals surface area contributed by atoms with Gasteiger partial charge in [0.05, 0.1) is 12.7 Å². The molecule has 2 fully saturated rings. The number of hydrogen-bond acceptors (Lipinski definition) is 3. The van der Waals surface area contributed by atoms with Gasteiger partial charge in [0.2, 0.25) is 0 Å². The summed E-state index contributed by atoms with van der Waals surface area (Å²) in [7, 11) is 0. The molecule has 0 amide bonds. The molecule has 4 heteroatoms. The van der Waals surface area contributed by atoms with Crippen LogP contribution >= 0.6 is 22.6 Å². The third-order valence-electron chi connectivity index (χ3n) is 3.02. The Hall–Kier alpha value is 0.610. The van der Waals surface area contributed by atoms with Crippen molar-refractivity contribution >= 4 is 22.6 Å². The summed E-state index contributed by atoms with van der Waals surface area (Å²) in [4.78, 5) is 0. The van der Waals surface area contributed by atoms with Crippen molar-refractivity contribution < 1.29 is 14.6 Å². The van der Waals surface area contributed by atoms with Crippen molar-refractivity contribution in [1.82, 2.24) is 0 Å². The second kappa shape index (κ2) is 4.23. The molecule has 82 valence electrons. The fraction of sp³-hybridized carbons (Fsp3) is 1.00. The van der Waals surface area contributed by atoms with E-state index in [-0.39, 0.29) is 10.0 Å². The lowest BCUT2D eigenvalue weighted by Crippen LogP contribution is -2.58. The maximum absolute atomic E-state index is 10.1. The van der Waals surface area contributed by atoms with Gasteiger partial charge in [-0.3, -0.25) is 0 Å². The fourth-order valence-corrected chi connectivity index (χ4v) is 3.56. The van der Waals surface area contributed by atoms with E-state index in [1.165, 1.54) is 0 Å². The van der Waals surface area contributed by atoms with Crippen LogP contribution in [0.15, 0.2) is 0 Å². The van der Waals surface area contributed by atoms with Gasteiger partial charge in [0.15, 0.2) is 5.79 Å². The van der Waals surface area contributed by atoms with Crippen LogP contribution in [-0.4, -0.2) is 33.6 Å². The molecule has 0 saturated carbocycles. The topological polar surface area (TPSA) is 38.7 Å². The van der Waals surface area contributed by atoms with Crippen LogP contribution in [0.4, 0.5) is 0 Å². The van der Waals surface area contributed by atoms with E-state index in [9.17, 15) is 5.11 Å². The summed E-state index contributed by atoms with van der Waals surface area (Å²) < 4.78 is 11.7. The molecule has 1 spiro atoms. The number of alkyl halides is 1. The number of aliphatic hydroxyl groups excluding tert-OH is 1. The van der Waals surface area contributed by atoms with Crippen molar-refractivity contribution in [3.8, 4) is 0 Å². The molecule has 0 aromatic carbocycles. The molecule has 0 aliphatic carbocycles. The molecule has 0 aromatic rings. The Labute approximate surface area is 98.3 Å². The first-order valence-electron chi connectivity index (χ1n) is 5.28. The maximum atomic E-state index is 10.1. The zero-order chi connectivity index (χ0) is 10.2. The largest absolute Gasteiger partial charge is 0.386 e. The van der Waals surface area contributed by atoms with Crippen molar-refractivity contribution in [3.05, 3.63) is 0 Å². The third kappa shape index (κ3) is 1.94. The zero-order valence-corrected chi connectivity index (χ0v) is 10.6. The van der Waals surface area contributed by atoms with E-state index in [0.29, 0.717) is 6.61 Å². The van der Waals surface area contributed by atoms with Crippen LogP contribution in [0.3, 0.4) is 0 Å². The quantitative estimate of drug-likeness (QED) is 0.548. The first-order chi connectivity index (χ1) is 6.64. The van der Waals surface area contributed by atoms with Crippen LogP contribution in [0, 0.1) is 0 Å². The van der Waals surface area contributed by atoms with E-state index in [1.807, 2.05) is 0 Å². The van der Waals surface area contributed by atoms with Gasteiger partial charge >= 0.3 is 0 Å². The number of rotatable bonds is 0. The van der Waals surface area contributed by atoms with E-state index in [2.05, 4.69) is 29.5 Å². The van der Waals surface area contributed by atoms with Crippen molar-refractivity contribution in [2.45, 2.75) is 54.5 Å². The summed E-state index contributed by atoms with van der Waals surface area (Å²) in [6.45, 7) is 2.77. The van der Waals surface area contributed by atoms with Gasteiger partial charge in [-0.1, -0.05) is 22.6 Å². The molecule has 1 N–H and O–H groups in total. The summed E-state index contributed by atoms with van der Waals surface area (Å²) in [5.41, 5.74) is 0. The molecule has 3 nitrogen and oxygen atoms in total. The molecule has 2 saturated heterocycles. The molecule has 0 bridgehead atoms. The predicted octanol–water partition coefficient (Wildman–Crippen LogP) is 1.86. The van der Waals surface area contributed by atoms with Crippen LogP contribution < -0.4 is 0 Å². The summed E-state index contributed by atoms with van der Waals surface area (Å²) in [6.07, 6.45) is 3.63. The highest BCUT2D eigenvalue weighted by molar-refractivity contribution is 14.1. The van der Waals surface area contributed by atoms with Crippen LogP contribution in [0.25, 0.3) is 0 Å². The Morgan fingerprint density at radius 2 is 2.21 bits per heavy atom. The van der Waals surface area contributed by atoms with Crippen molar-refractivity contribution in [2.24, 2.45) is 0 Å². The Balaban J connectivity index is 2.13. The second-order valence-corrected chi connectivity index (χ2v) is 5.84. The van der Waals surface area contributed by atoms with Crippen LogP contribution in [0.2, 0.25) is 0 Å². The van der Waals surface area contributed by atoms with E-state index in [4.69, 9.17) is 9.47 Å². The van der Waals surface area contributed by atoms with Gasteiger partial charge in [-0.25, -0.2) is 0 Å². The number of ether oxygens (including phenoxy) is 2. The Morgan fingerprint density at radius 3 is 2.86 bits per heavy atom. The molecule has 14 heavy (non-hydrogen) atoms.